The van der Waals surface area contributed by atoms with Gasteiger partial charge in [-0.3, -0.25) is 5.32 Å². The number of carboxylic acids is 1. The molecule has 0 saturated heterocycles. The number of aryl methyl sites for hydroxylation is 1. The number of nitrogens with one attached hydrogen (secondary N) is 2. The summed E-state index contributed by atoms with van der Waals surface area (Å²) in [6, 6.07) is 2.86. The van der Waals surface area contributed by atoms with Gasteiger partial charge in [-0.05, 0) is 19.1 Å². The first kappa shape index (κ1) is 13.9. The first-order valence-corrected chi connectivity index (χ1v) is 6.15. The van der Waals surface area contributed by atoms with Gasteiger partial charge in [0.15, 0.2) is 0 Å². The number of carbonyl (C=O) groups excluding carboxylic acids is 1. The van der Waals surface area contributed by atoms with Gasteiger partial charge in [-0.15, -0.1) is 0 Å². The summed E-state index contributed by atoms with van der Waals surface area (Å²) < 4.78 is 17.3. The predicted molar refractivity (Wildman–Crippen MR) is 70.6 cm³/mol. The average Bonchev–Trinajstić information content (AvgIpc) is 2.74. The lowest BCUT2D eigenvalue weighted by Gasteiger charge is -2.08. The Bertz CT molecular complexity index is 673. The van der Waals surface area contributed by atoms with E-state index in [1.165, 1.54) is 12.1 Å². The lowest BCUT2D eigenvalue weighted by atomic mass is 10.1. The normalized spacial score (nSPS) is 10.1. The smallest absolute Gasteiger partial charge is 0.340 e. The van der Waals surface area contributed by atoms with Gasteiger partial charge < -0.3 is 10.4 Å². The fourth-order valence-corrected chi connectivity index (χ4v) is 2.01. The van der Waals surface area contributed by atoms with Crippen molar-refractivity contribution in [3.8, 4) is 0 Å². The molecule has 1 aromatic carbocycles. The van der Waals surface area contributed by atoms with Crippen LogP contribution in [-0.2, 0) is 0 Å². The van der Waals surface area contributed by atoms with Crippen molar-refractivity contribution in [2.45, 2.75) is 6.92 Å². The van der Waals surface area contributed by atoms with Gasteiger partial charge in [0, 0.05) is 11.5 Å². The predicted octanol–water partition coefficient (Wildman–Crippen LogP) is 2.33. The molecule has 3 N–H and O–H groups in total. The molecule has 0 unspecified atom stereocenters. The Morgan fingerprint density at radius 1 is 1.35 bits per heavy atom. The van der Waals surface area contributed by atoms with Crippen molar-refractivity contribution >= 4 is 34.4 Å². The SMILES string of the molecule is Cc1nsc(NC(=O)Nc2cccc(F)c2C(=O)O)n1. The zero-order chi connectivity index (χ0) is 14.7. The third-order valence-corrected chi connectivity index (χ3v) is 2.95. The number of carbonyl (C=O) groups is 2. The number of halogens is 1. The Hall–Kier alpha value is -2.55. The number of carboxylic acid groups (broad SMARTS) is 1. The molecule has 0 saturated carbocycles. The Labute approximate surface area is 116 Å². The van der Waals surface area contributed by atoms with E-state index in [1.54, 1.807) is 6.92 Å². The van der Waals surface area contributed by atoms with Gasteiger partial charge >= 0.3 is 12.0 Å². The molecule has 0 radical (unpaired) electrons. The fraction of sp³-hybridized carbons (Fsp3) is 0.0909. The van der Waals surface area contributed by atoms with Crippen molar-refractivity contribution in [3.05, 3.63) is 35.4 Å². The van der Waals surface area contributed by atoms with E-state index in [0.29, 0.717) is 5.82 Å². The van der Waals surface area contributed by atoms with E-state index in [2.05, 4.69) is 20.0 Å². The highest BCUT2D eigenvalue weighted by atomic mass is 32.1. The Morgan fingerprint density at radius 2 is 2.10 bits per heavy atom. The number of rotatable bonds is 3. The topological polar surface area (TPSA) is 104 Å². The van der Waals surface area contributed by atoms with Gasteiger partial charge in [-0.25, -0.2) is 19.0 Å². The van der Waals surface area contributed by atoms with Crippen molar-refractivity contribution in [2.75, 3.05) is 10.6 Å². The summed E-state index contributed by atoms with van der Waals surface area (Å²) in [6.07, 6.45) is 0. The van der Waals surface area contributed by atoms with Crippen molar-refractivity contribution in [1.82, 2.24) is 9.36 Å². The van der Waals surface area contributed by atoms with Crippen LogP contribution in [0.1, 0.15) is 16.2 Å². The number of aromatic carboxylic acids is 1. The number of hydrogen-bond acceptors (Lipinski definition) is 5. The molecule has 0 fully saturated rings. The minimum atomic E-state index is -1.47. The Balaban J connectivity index is 2.16. The van der Waals surface area contributed by atoms with Crippen LogP contribution in [0, 0.1) is 12.7 Å². The molecule has 7 nitrogen and oxygen atoms in total. The number of urea groups is 1. The van der Waals surface area contributed by atoms with Crippen LogP contribution in [0.25, 0.3) is 0 Å². The maximum Gasteiger partial charge on any atom is 0.340 e. The molecule has 0 aliphatic heterocycles. The van der Waals surface area contributed by atoms with Crippen LogP contribution in [0.5, 0.6) is 0 Å². The van der Waals surface area contributed by atoms with Gasteiger partial charge in [0.1, 0.15) is 17.2 Å². The second-order valence-corrected chi connectivity index (χ2v) is 4.45. The molecule has 1 aromatic heterocycles. The molecule has 2 amide bonds. The molecule has 9 heteroatoms. The highest BCUT2D eigenvalue weighted by molar-refractivity contribution is 7.09. The number of benzene rings is 1. The van der Waals surface area contributed by atoms with Gasteiger partial charge in [0.2, 0.25) is 5.13 Å². The molecule has 2 rings (SSSR count). The maximum atomic E-state index is 13.4. The summed E-state index contributed by atoms with van der Waals surface area (Å²) in [7, 11) is 0. The molecule has 0 bridgehead atoms. The molecule has 0 aliphatic rings. The molecule has 0 spiro atoms. The minimum Gasteiger partial charge on any atom is -0.478 e. The van der Waals surface area contributed by atoms with Crippen molar-refractivity contribution in [1.29, 1.82) is 0 Å². The quantitative estimate of drug-likeness (QED) is 0.806. The van der Waals surface area contributed by atoms with Crippen LogP contribution in [0.3, 0.4) is 0 Å². The zero-order valence-corrected chi connectivity index (χ0v) is 11.0. The van der Waals surface area contributed by atoms with E-state index >= 15 is 0 Å². The largest absolute Gasteiger partial charge is 0.478 e. The standard InChI is InChI=1S/C11H9FN4O3S/c1-5-13-11(20-16-5)15-10(19)14-7-4-2-3-6(12)8(7)9(17)18/h2-4H,1H3,(H,17,18)(H2,13,14,15,16,19). The van der Waals surface area contributed by atoms with Gasteiger partial charge in [0.25, 0.3) is 0 Å². The maximum absolute atomic E-state index is 13.4. The van der Waals surface area contributed by atoms with Crippen LogP contribution in [-0.4, -0.2) is 26.5 Å². The summed E-state index contributed by atoms with van der Waals surface area (Å²) in [5, 5.41) is 13.8. The number of anilines is 2. The molecule has 20 heavy (non-hydrogen) atoms. The van der Waals surface area contributed by atoms with Crippen LogP contribution in [0.15, 0.2) is 18.2 Å². The average molecular weight is 296 g/mol. The van der Waals surface area contributed by atoms with Crippen molar-refractivity contribution in [2.24, 2.45) is 0 Å². The third kappa shape index (κ3) is 3.06. The van der Waals surface area contributed by atoms with Gasteiger partial charge in [-0.2, -0.15) is 4.37 Å². The minimum absolute atomic E-state index is 0.142. The van der Waals surface area contributed by atoms with Crippen LogP contribution < -0.4 is 10.6 Å². The first-order chi connectivity index (χ1) is 9.47. The summed E-state index contributed by atoms with van der Waals surface area (Å²) in [6.45, 7) is 1.66. The van der Waals surface area contributed by atoms with E-state index in [-0.39, 0.29) is 10.8 Å². The summed E-state index contributed by atoms with van der Waals surface area (Å²) in [4.78, 5) is 26.5. The molecule has 104 valence electrons. The van der Waals surface area contributed by atoms with E-state index in [9.17, 15) is 14.0 Å². The molecular weight excluding hydrogens is 287 g/mol. The number of amides is 2. The van der Waals surface area contributed by atoms with Crippen LogP contribution in [0.4, 0.5) is 20.0 Å². The molecule has 0 atom stereocenters. The van der Waals surface area contributed by atoms with Crippen molar-refractivity contribution in [3.63, 3.8) is 0 Å². The molecule has 2 aromatic rings. The number of aromatic nitrogens is 2. The van der Waals surface area contributed by atoms with Crippen LogP contribution in [0.2, 0.25) is 0 Å². The summed E-state index contributed by atoms with van der Waals surface area (Å²) in [5.74, 6) is -1.89. The second-order valence-electron chi connectivity index (χ2n) is 3.69. The molecular formula is C11H9FN4O3S. The second kappa shape index (κ2) is 5.61. The monoisotopic (exact) mass is 296 g/mol. The molecule has 0 aliphatic carbocycles. The van der Waals surface area contributed by atoms with E-state index < -0.39 is 23.4 Å². The lowest BCUT2D eigenvalue weighted by molar-refractivity contribution is 0.0693. The van der Waals surface area contributed by atoms with Gasteiger partial charge in [0.05, 0.1) is 5.69 Å². The van der Waals surface area contributed by atoms with E-state index in [4.69, 9.17) is 5.11 Å². The summed E-state index contributed by atoms with van der Waals surface area (Å²) >= 11 is 0.979. The van der Waals surface area contributed by atoms with Gasteiger partial charge in [-0.1, -0.05) is 6.07 Å². The van der Waals surface area contributed by atoms with Crippen molar-refractivity contribution < 1.29 is 19.1 Å². The number of hydrogen-bond donors (Lipinski definition) is 3. The van der Waals surface area contributed by atoms with E-state index in [0.717, 1.165) is 17.6 Å². The molecule has 1 heterocycles. The first-order valence-electron chi connectivity index (χ1n) is 5.37. The lowest BCUT2D eigenvalue weighted by Crippen LogP contribution is -2.21. The summed E-state index contributed by atoms with van der Waals surface area (Å²) in [5.41, 5.74) is -0.743. The highest BCUT2D eigenvalue weighted by Crippen LogP contribution is 2.19. The van der Waals surface area contributed by atoms with Crippen LogP contribution >= 0.6 is 11.5 Å². The fourth-order valence-electron chi connectivity index (χ4n) is 1.44. The zero-order valence-electron chi connectivity index (χ0n) is 10.2. The number of nitrogens with zero attached hydrogens (tertiary/aromatic N) is 2. The third-order valence-electron chi connectivity index (χ3n) is 2.22. The Kier molecular flexibility index (Phi) is 3.89. The van der Waals surface area contributed by atoms with E-state index in [1.807, 2.05) is 0 Å². The highest BCUT2D eigenvalue weighted by Gasteiger charge is 2.17. The Morgan fingerprint density at radius 3 is 2.70 bits per heavy atom.